The molecule has 1 aliphatic heterocycles. The first-order chi connectivity index (χ1) is 17.2. The fourth-order valence-electron chi connectivity index (χ4n) is 4.01. The first kappa shape index (κ1) is 25.4. The Labute approximate surface area is 212 Å². The Kier molecular flexibility index (Phi) is 7.69. The Bertz CT molecular complexity index is 1300. The van der Waals surface area contributed by atoms with Crippen molar-refractivity contribution in [2.75, 3.05) is 49.5 Å². The maximum absolute atomic E-state index is 12.8. The summed E-state index contributed by atoms with van der Waals surface area (Å²) in [6.45, 7) is 6.34. The van der Waals surface area contributed by atoms with Crippen molar-refractivity contribution in [3.8, 4) is 11.5 Å². The number of benzene rings is 3. The van der Waals surface area contributed by atoms with Crippen LogP contribution in [0.25, 0.3) is 0 Å². The third kappa shape index (κ3) is 6.09. The van der Waals surface area contributed by atoms with Gasteiger partial charge in [-0.15, -0.1) is 0 Å². The summed E-state index contributed by atoms with van der Waals surface area (Å²) in [4.78, 5) is 16.8. The fraction of sp³-hybridized carbons (Fsp3) is 0.296. The van der Waals surface area contributed by atoms with Crippen molar-refractivity contribution < 1.29 is 22.7 Å². The summed E-state index contributed by atoms with van der Waals surface area (Å²) in [5.74, 6) is 1.15. The molecule has 8 nitrogen and oxygen atoms in total. The molecule has 190 valence electrons. The highest BCUT2D eigenvalue weighted by molar-refractivity contribution is 7.92. The van der Waals surface area contributed by atoms with E-state index in [-0.39, 0.29) is 17.4 Å². The van der Waals surface area contributed by atoms with Crippen LogP contribution in [-0.2, 0) is 14.8 Å². The summed E-state index contributed by atoms with van der Waals surface area (Å²) in [7, 11) is -2.10. The van der Waals surface area contributed by atoms with Crippen molar-refractivity contribution in [3.63, 3.8) is 0 Å². The first-order valence-electron chi connectivity index (χ1n) is 11.7. The molecule has 3 aromatic carbocycles. The largest absolute Gasteiger partial charge is 0.497 e. The van der Waals surface area contributed by atoms with Crippen LogP contribution >= 0.6 is 0 Å². The Morgan fingerprint density at radius 2 is 1.53 bits per heavy atom. The average Bonchev–Trinajstić information content (AvgIpc) is 2.89. The zero-order valence-electron chi connectivity index (χ0n) is 20.7. The van der Waals surface area contributed by atoms with Crippen LogP contribution in [0.1, 0.15) is 11.1 Å². The number of amides is 1. The Morgan fingerprint density at radius 3 is 2.17 bits per heavy atom. The number of methoxy groups -OCH3 is 1. The lowest BCUT2D eigenvalue weighted by Crippen LogP contribution is -2.50. The van der Waals surface area contributed by atoms with Crippen LogP contribution in [0.5, 0.6) is 11.5 Å². The van der Waals surface area contributed by atoms with Gasteiger partial charge in [0.05, 0.1) is 17.7 Å². The number of sulfonamides is 1. The van der Waals surface area contributed by atoms with E-state index in [1.807, 2.05) is 50.2 Å². The average molecular weight is 510 g/mol. The van der Waals surface area contributed by atoms with Crippen molar-refractivity contribution in [3.05, 3.63) is 77.9 Å². The van der Waals surface area contributed by atoms with Gasteiger partial charge in [0, 0.05) is 31.9 Å². The third-order valence-electron chi connectivity index (χ3n) is 6.20. The van der Waals surface area contributed by atoms with Crippen LogP contribution in [0, 0.1) is 13.8 Å². The van der Waals surface area contributed by atoms with Gasteiger partial charge in [-0.1, -0.05) is 12.1 Å². The minimum Gasteiger partial charge on any atom is -0.497 e. The second-order valence-electron chi connectivity index (χ2n) is 8.75. The zero-order chi connectivity index (χ0) is 25.7. The third-order valence-corrected chi connectivity index (χ3v) is 7.59. The van der Waals surface area contributed by atoms with E-state index in [4.69, 9.17) is 9.47 Å². The van der Waals surface area contributed by atoms with Crippen LogP contribution in [0.4, 0.5) is 11.4 Å². The molecule has 0 saturated carbocycles. The molecule has 1 fully saturated rings. The number of rotatable bonds is 8. The molecule has 1 heterocycles. The molecule has 1 N–H and O–H groups in total. The van der Waals surface area contributed by atoms with Gasteiger partial charge in [0.15, 0.2) is 6.61 Å². The summed E-state index contributed by atoms with van der Waals surface area (Å²) in [6, 6.07) is 19.6. The predicted molar refractivity (Wildman–Crippen MR) is 140 cm³/mol. The van der Waals surface area contributed by atoms with Crippen molar-refractivity contribution in [2.45, 2.75) is 18.7 Å². The minimum atomic E-state index is -3.74. The van der Waals surface area contributed by atoms with Gasteiger partial charge in [-0.3, -0.25) is 9.52 Å². The number of carbonyl (C=O) groups is 1. The molecule has 0 aromatic heterocycles. The predicted octanol–water partition coefficient (Wildman–Crippen LogP) is 3.84. The van der Waals surface area contributed by atoms with Gasteiger partial charge >= 0.3 is 0 Å². The normalized spacial score (nSPS) is 13.9. The number of carbonyl (C=O) groups excluding carboxylic acids is 1. The van der Waals surface area contributed by atoms with Gasteiger partial charge in [0.2, 0.25) is 0 Å². The molecule has 0 radical (unpaired) electrons. The van der Waals surface area contributed by atoms with Gasteiger partial charge < -0.3 is 19.3 Å². The summed E-state index contributed by atoms with van der Waals surface area (Å²) in [5.41, 5.74) is 3.45. The van der Waals surface area contributed by atoms with Crippen LogP contribution < -0.4 is 19.1 Å². The van der Waals surface area contributed by atoms with Gasteiger partial charge in [0.1, 0.15) is 11.5 Å². The molecule has 0 unspecified atom stereocenters. The van der Waals surface area contributed by atoms with Crippen molar-refractivity contribution >= 4 is 27.3 Å². The lowest BCUT2D eigenvalue weighted by atomic mass is 10.1. The molecule has 1 aliphatic rings. The van der Waals surface area contributed by atoms with Gasteiger partial charge in [-0.25, -0.2) is 8.42 Å². The summed E-state index contributed by atoms with van der Waals surface area (Å²) >= 11 is 0. The van der Waals surface area contributed by atoms with E-state index in [2.05, 4.69) is 9.62 Å². The number of anilines is 2. The molecule has 0 spiro atoms. The van der Waals surface area contributed by atoms with Crippen LogP contribution in [0.2, 0.25) is 0 Å². The van der Waals surface area contributed by atoms with Crippen LogP contribution in [0.3, 0.4) is 0 Å². The maximum Gasteiger partial charge on any atom is 0.261 e. The van der Waals surface area contributed by atoms with E-state index in [9.17, 15) is 13.2 Å². The van der Waals surface area contributed by atoms with E-state index in [1.54, 1.807) is 30.2 Å². The number of nitrogens with zero attached hydrogens (tertiary/aromatic N) is 2. The molecule has 0 aliphatic carbocycles. The summed E-state index contributed by atoms with van der Waals surface area (Å²) < 4.78 is 39.1. The fourth-order valence-corrected chi connectivity index (χ4v) is 5.13. The number of aryl methyl sites for hydroxylation is 2. The van der Waals surface area contributed by atoms with Crippen molar-refractivity contribution in [2.24, 2.45) is 0 Å². The molecular formula is C27H31N3O5S. The van der Waals surface area contributed by atoms with Gasteiger partial charge in [-0.05, 0) is 79.6 Å². The van der Waals surface area contributed by atoms with Gasteiger partial charge in [0.25, 0.3) is 15.9 Å². The SMILES string of the molecule is COc1ccc(N2CCN(C(=O)COc3ccc(S(=O)(=O)Nc4cc(C)ccc4C)cc3)CC2)cc1. The molecule has 3 aromatic rings. The number of ether oxygens (including phenoxy) is 2. The van der Waals surface area contributed by atoms with Gasteiger partial charge in [-0.2, -0.15) is 0 Å². The molecule has 0 atom stereocenters. The molecule has 9 heteroatoms. The molecular weight excluding hydrogens is 478 g/mol. The zero-order valence-corrected chi connectivity index (χ0v) is 21.5. The van der Waals surface area contributed by atoms with E-state index in [0.717, 1.165) is 35.7 Å². The van der Waals surface area contributed by atoms with Crippen LogP contribution in [0.15, 0.2) is 71.6 Å². The second kappa shape index (κ2) is 10.9. The number of piperazine rings is 1. The highest BCUT2D eigenvalue weighted by atomic mass is 32.2. The first-order valence-corrected chi connectivity index (χ1v) is 13.2. The van der Waals surface area contributed by atoms with Crippen LogP contribution in [-0.4, -0.2) is 59.1 Å². The Morgan fingerprint density at radius 1 is 0.889 bits per heavy atom. The van der Waals surface area contributed by atoms with E-state index >= 15 is 0 Å². The Hall–Kier alpha value is -3.72. The minimum absolute atomic E-state index is 0.0994. The number of hydrogen-bond donors (Lipinski definition) is 1. The Balaban J connectivity index is 1.28. The molecule has 36 heavy (non-hydrogen) atoms. The van der Waals surface area contributed by atoms with E-state index in [0.29, 0.717) is 24.5 Å². The summed E-state index contributed by atoms with van der Waals surface area (Å²) in [5, 5.41) is 0. The molecule has 0 bridgehead atoms. The molecule has 1 amide bonds. The number of nitrogens with one attached hydrogen (secondary N) is 1. The van der Waals surface area contributed by atoms with Crippen molar-refractivity contribution in [1.29, 1.82) is 0 Å². The smallest absolute Gasteiger partial charge is 0.261 e. The van der Waals surface area contributed by atoms with E-state index < -0.39 is 10.0 Å². The quantitative estimate of drug-likeness (QED) is 0.497. The topological polar surface area (TPSA) is 88.2 Å². The highest BCUT2D eigenvalue weighted by Crippen LogP contribution is 2.23. The highest BCUT2D eigenvalue weighted by Gasteiger charge is 2.22. The maximum atomic E-state index is 12.8. The molecule has 4 rings (SSSR count). The lowest BCUT2D eigenvalue weighted by molar-refractivity contribution is -0.133. The standard InChI is InChI=1S/C27H31N3O5S/c1-20-4-5-21(2)26(18-20)28-36(32,33)25-12-10-24(11-13-25)35-19-27(31)30-16-14-29(15-17-30)22-6-8-23(34-3)9-7-22/h4-13,18,28H,14-17,19H2,1-3H3. The van der Waals surface area contributed by atoms with Crippen molar-refractivity contribution in [1.82, 2.24) is 4.90 Å². The lowest BCUT2D eigenvalue weighted by Gasteiger charge is -2.36. The molecule has 1 saturated heterocycles. The number of hydrogen-bond acceptors (Lipinski definition) is 6. The monoisotopic (exact) mass is 509 g/mol. The second-order valence-corrected chi connectivity index (χ2v) is 10.4. The summed E-state index contributed by atoms with van der Waals surface area (Å²) in [6.07, 6.45) is 0. The van der Waals surface area contributed by atoms with E-state index in [1.165, 1.54) is 12.1 Å².